The van der Waals surface area contributed by atoms with Gasteiger partial charge in [-0.3, -0.25) is 4.79 Å². The van der Waals surface area contributed by atoms with E-state index in [-0.39, 0.29) is 0 Å². The van der Waals surface area contributed by atoms with Crippen molar-refractivity contribution in [3.05, 3.63) is 59.9 Å². The van der Waals surface area contributed by atoms with Crippen molar-refractivity contribution in [1.82, 2.24) is 13.6 Å². The number of nitrogens with one attached hydrogen (secondary N) is 1. The molecule has 0 saturated carbocycles. The Balaban J connectivity index is 1.66. The number of aromatic nitrogens is 1. The minimum absolute atomic E-state index is 0.337. The maximum atomic E-state index is 12.2. The zero-order valence-electron chi connectivity index (χ0n) is 12.7. The molecule has 1 fully saturated rings. The third-order valence-corrected chi connectivity index (χ3v) is 5.34. The minimum Gasteiger partial charge on any atom is -0.349 e. The molecule has 1 N–H and O–H groups in total. The second kappa shape index (κ2) is 6.55. The first kappa shape index (κ1) is 15.8. The number of hydrogen-bond acceptors (Lipinski definition) is 3. The van der Waals surface area contributed by atoms with Gasteiger partial charge in [-0.15, -0.1) is 0 Å². The average Bonchev–Trinajstić information content (AvgIpc) is 3.19. The third kappa shape index (κ3) is 3.80. The predicted molar refractivity (Wildman–Crippen MR) is 87.2 cm³/mol. The van der Waals surface area contributed by atoms with Crippen LogP contribution in [-0.2, 0) is 16.8 Å². The fraction of sp³-hybridized carbons (Fsp3) is 0.312. The Morgan fingerprint density at radius 3 is 2.48 bits per heavy atom. The molecule has 1 aliphatic heterocycles. The topological polar surface area (TPSA) is 71.4 Å². The van der Waals surface area contributed by atoms with E-state index in [1.807, 2.05) is 34.9 Å². The highest BCUT2D eigenvalue weighted by atomic mass is 32.2. The van der Waals surface area contributed by atoms with Crippen LogP contribution in [0.4, 0.5) is 0 Å². The largest absolute Gasteiger partial charge is 0.349 e. The van der Waals surface area contributed by atoms with Crippen LogP contribution in [0.2, 0.25) is 0 Å². The molecule has 0 unspecified atom stereocenters. The molecule has 0 spiro atoms. The molecular formula is C16H19N3O3S. The van der Waals surface area contributed by atoms with Crippen LogP contribution in [0.5, 0.6) is 0 Å². The summed E-state index contributed by atoms with van der Waals surface area (Å²) < 4.78 is 29.5. The lowest BCUT2D eigenvalue weighted by Gasteiger charge is -2.15. The number of hydrogen-bond donors (Lipinski definition) is 1. The lowest BCUT2D eigenvalue weighted by molar-refractivity contribution is 0.0979. The van der Waals surface area contributed by atoms with Gasteiger partial charge in [0.25, 0.3) is 5.91 Å². The van der Waals surface area contributed by atoms with Gasteiger partial charge in [0.15, 0.2) is 0 Å². The van der Waals surface area contributed by atoms with E-state index in [0.717, 1.165) is 18.4 Å². The summed E-state index contributed by atoms with van der Waals surface area (Å²) in [6.07, 6.45) is 5.09. The molecule has 7 heteroatoms. The van der Waals surface area contributed by atoms with E-state index in [9.17, 15) is 13.2 Å². The predicted octanol–water partition coefficient (Wildman–Crippen LogP) is 1.61. The van der Waals surface area contributed by atoms with Crippen LogP contribution >= 0.6 is 0 Å². The fourth-order valence-electron chi connectivity index (χ4n) is 2.64. The van der Waals surface area contributed by atoms with E-state index < -0.39 is 16.1 Å². The molecule has 0 bridgehead atoms. The molecule has 122 valence electrons. The van der Waals surface area contributed by atoms with E-state index in [4.69, 9.17) is 0 Å². The number of amides is 1. The molecule has 1 aliphatic rings. The van der Waals surface area contributed by atoms with Crippen molar-refractivity contribution in [1.29, 1.82) is 0 Å². The SMILES string of the molecule is O=C(NS(=O)(=O)N1CCCC1)c1ccn(Cc2ccccc2)c1. The van der Waals surface area contributed by atoms with Crippen LogP contribution in [0.1, 0.15) is 28.8 Å². The summed E-state index contributed by atoms with van der Waals surface area (Å²) in [6.45, 7) is 1.57. The van der Waals surface area contributed by atoms with Gasteiger partial charge in [-0.2, -0.15) is 12.7 Å². The van der Waals surface area contributed by atoms with Crippen LogP contribution in [0.3, 0.4) is 0 Å². The molecule has 23 heavy (non-hydrogen) atoms. The minimum atomic E-state index is -3.73. The van der Waals surface area contributed by atoms with E-state index >= 15 is 0 Å². The van der Waals surface area contributed by atoms with Crippen LogP contribution in [-0.4, -0.2) is 36.3 Å². The molecule has 2 aromatic rings. The fourth-order valence-corrected chi connectivity index (χ4v) is 3.86. The first-order valence-electron chi connectivity index (χ1n) is 7.56. The normalized spacial score (nSPS) is 15.7. The van der Waals surface area contributed by atoms with Gasteiger partial charge in [-0.25, -0.2) is 4.72 Å². The van der Waals surface area contributed by atoms with Crippen LogP contribution in [0, 0.1) is 0 Å². The zero-order chi connectivity index (χ0) is 16.3. The molecule has 0 atom stereocenters. The van der Waals surface area contributed by atoms with Crippen molar-refractivity contribution in [3.8, 4) is 0 Å². The summed E-state index contributed by atoms with van der Waals surface area (Å²) in [7, 11) is -3.73. The van der Waals surface area contributed by atoms with Gasteiger partial charge in [-0.05, 0) is 24.5 Å². The highest BCUT2D eigenvalue weighted by molar-refractivity contribution is 7.87. The van der Waals surface area contributed by atoms with Crippen molar-refractivity contribution in [2.75, 3.05) is 13.1 Å². The highest BCUT2D eigenvalue weighted by Gasteiger charge is 2.27. The molecule has 1 aromatic carbocycles. The van der Waals surface area contributed by atoms with Gasteiger partial charge in [-0.1, -0.05) is 30.3 Å². The zero-order valence-corrected chi connectivity index (χ0v) is 13.5. The van der Waals surface area contributed by atoms with E-state index in [1.165, 1.54) is 4.31 Å². The molecule has 0 aliphatic carbocycles. The molecule has 1 aromatic heterocycles. The van der Waals surface area contributed by atoms with Crippen LogP contribution < -0.4 is 4.72 Å². The first-order chi connectivity index (χ1) is 11.0. The Bertz CT molecular complexity index is 778. The Morgan fingerprint density at radius 1 is 1.09 bits per heavy atom. The Labute approximate surface area is 135 Å². The third-order valence-electron chi connectivity index (χ3n) is 3.85. The maximum absolute atomic E-state index is 12.2. The summed E-state index contributed by atoms with van der Waals surface area (Å²) >= 11 is 0. The Morgan fingerprint density at radius 2 is 1.78 bits per heavy atom. The van der Waals surface area contributed by atoms with E-state index in [0.29, 0.717) is 25.2 Å². The van der Waals surface area contributed by atoms with Crippen LogP contribution in [0.25, 0.3) is 0 Å². The lowest BCUT2D eigenvalue weighted by atomic mass is 10.2. The molecule has 1 saturated heterocycles. The molecular weight excluding hydrogens is 314 g/mol. The molecule has 1 amide bonds. The maximum Gasteiger partial charge on any atom is 0.304 e. The van der Waals surface area contributed by atoms with Gasteiger partial charge in [0.05, 0.1) is 5.56 Å². The number of carbonyl (C=O) groups is 1. The quantitative estimate of drug-likeness (QED) is 0.903. The van der Waals surface area contributed by atoms with Gasteiger partial charge in [0.2, 0.25) is 0 Å². The van der Waals surface area contributed by atoms with Crippen molar-refractivity contribution in [2.24, 2.45) is 0 Å². The second-order valence-electron chi connectivity index (χ2n) is 5.60. The number of benzene rings is 1. The van der Waals surface area contributed by atoms with E-state index in [1.54, 1.807) is 18.5 Å². The Kier molecular flexibility index (Phi) is 4.49. The van der Waals surface area contributed by atoms with E-state index in [2.05, 4.69) is 4.72 Å². The Hall–Kier alpha value is -2.12. The summed E-state index contributed by atoms with van der Waals surface area (Å²) in [5.74, 6) is -0.594. The monoisotopic (exact) mass is 333 g/mol. The standard InChI is InChI=1S/C16H19N3O3S/c20-16(17-23(21,22)19-9-4-5-10-19)15-8-11-18(13-15)12-14-6-2-1-3-7-14/h1-3,6-8,11,13H,4-5,9-10,12H2,(H,17,20). The molecule has 6 nitrogen and oxygen atoms in total. The molecule has 2 heterocycles. The summed E-state index contributed by atoms with van der Waals surface area (Å²) in [4.78, 5) is 12.2. The van der Waals surface area contributed by atoms with Gasteiger partial charge < -0.3 is 4.57 Å². The summed E-state index contributed by atoms with van der Waals surface area (Å²) in [6, 6.07) is 11.5. The number of nitrogens with zero attached hydrogens (tertiary/aromatic N) is 2. The lowest BCUT2D eigenvalue weighted by Crippen LogP contribution is -2.41. The van der Waals surface area contributed by atoms with Gasteiger partial charge in [0, 0.05) is 32.0 Å². The van der Waals surface area contributed by atoms with Crippen molar-refractivity contribution < 1.29 is 13.2 Å². The van der Waals surface area contributed by atoms with Gasteiger partial charge >= 0.3 is 10.2 Å². The average molecular weight is 333 g/mol. The van der Waals surface area contributed by atoms with Crippen molar-refractivity contribution in [2.45, 2.75) is 19.4 Å². The van der Waals surface area contributed by atoms with Crippen molar-refractivity contribution in [3.63, 3.8) is 0 Å². The van der Waals surface area contributed by atoms with Crippen LogP contribution in [0.15, 0.2) is 48.8 Å². The molecule has 0 radical (unpaired) electrons. The number of rotatable bonds is 5. The second-order valence-corrected chi connectivity index (χ2v) is 7.27. The van der Waals surface area contributed by atoms with Crippen molar-refractivity contribution >= 4 is 16.1 Å². The summed E-state index contributed by atoms with van der Waals surface area (Å²) in [5.41, 5.74) is 1.45. The number of carbonyl (C=O) groups excluding carboxylic acids is 1. The summed E-state index contributed by atoms with van der Waals surface area (Å²) in [5, 5.41) is 0. The smallest absolute Gasteiger partial charge is 0.304 e. The first-order valence-corrected chi connectivity index (χ1v) is 9.00. The molecule has 3 rings (SSSR count). The highest BCUT2D eigenvalue weighted by Crippen LogP contribution is 2.12. The van der Waals surface area contributed by atoms with Gasteiger partial charge in [0.1, 0.15) is 0 Å².